The van der Waals surface area contributed by atoms with Crippen molar-refractivity contribution in [2.75, 3.05) is 26.8 Å². The van der Waals surface area contributed by atoms with Gasteiger partial charge in [0, 0.05) is 13.1 Å². The summed E-state index contributed by atoms with van der Waals surface area (Å²) in [6.07, 6.45) is 0.123. The zero-order valence-electron chi connectivity index (χ0n) is 8.57. The van der Waals surface area contributed by atoms with Crippen LogP contribution in [0.4, 0.5) is 0 Å². The Bertz CT molecular complexity index is 337. The molecule has 0 spiro atoms. The van der Waals surface area contributed by atoms with Crippen molar-refractivity contribution in [3.8, 4) is 5.75 Å². The zero-order chi connectivity index (χ0) is 10.7. The van der Waals surface area contributed by atoms with Crippen molar-refractivity contribution >= 4 is 22.6 Å². The Kier molecular flexibility index (Phi) is 3.82. The van der Waals surface area contributed by atoms with E-state index in [9.17, 15) is 0 Å². The molecule has 1 fully saturated rings. The quantitative estimate of drug-likeness (QED) is 0.781. The van der Waals surface area contributed by atoms with Crippen LogP contribution < -0.4 is 10.1 Å². The number of nitrogens with zero attached hydrogens (tertiary/aromatic N) is 1. The van der Waals surface area contributed by atoms with Gasteiger partial charge in [0.1, 0.15) is 5.75 Å². The van der Waals surface area contributed by atoms with E-state index in [1.807, 2.05) is 12.1 Å². The smallest absolute Gasteiger partial charge is 0.132 e. The van der Waals surface area contributed by atoms with Crippen LogP contribution in [0.25, 0.3) is 0 Å². The number of morpholine rings is 1. The number of ether oxygens (including phenoxy) is 2. The predicted octanol–water partition coefficient (Wildman–Crippen LogP) is 1.98. The van der Waals surface area contributed by atoms with Crippen molar-refractivity contribution < 1.29 is 9.47 Å². The number of halogens is 1. The molecule has 3 nitrogen and oxygen atoms in total. The van der Waals surface area contributed by atoms with E-state index in [0.29, 0.717) is 0 Å². The third-order valence-corrected chi connectivity index (χ3v) is 3.25. The van der Waals surface area contributed by atoms with Crippen LogP contribution in [0.3, 0.4) is 0 Å². The normalized spacial score (nSPS) is 21.3. The Balaban J connectivity index is 2.17. The van der Waals surface area contributed by atoms with Crippen LogP contribution in [-0.2, 0) is 4.74 Å². The van der Waals surface area contributed by atoms with Crippen LogP contribution in [-0.4, -0.2) is 26.8 Å². The van der Waals surface area contributed by atoms with E-state index in [1.54, 1.807) is 7.11 Å². The van der Waals surface area contributed by atoms with Gasteiger partial charge >= 0.3 is 0 Å². The first kappa shape index (κ1) is 11.2. The van der Waals surface area contributed by atoms with Gasteiger partial charge in [0.15, 0.2) is 0 Å². The molecule has 1 aromatic carbocycles. The lowest BCUT2D eigenvalue weighted by molar-refractivity contribution is 0.0260. The van der Waals surface area contributed by atoms with Crippen molar-refractivity contribution in [2.45, 2.75) is 6.10 Å². The van der Waals surface area contributed by atoms with Crippen LogP contribution >= 0.6 is 22.6 Å². The summed E-state index contributed by atoms with van der Waals surface area (Å²) < 4.78 is 12.0. The highest BCUT2D eigenvalue weighted by Gasteiger charge is 2.17. The molecule has 15 heavy (non-hydrogen) atoms. The van der Waals surface area contributed by atoms with Crippen molar-refractivity contribution in [3.05, 3.63) is 27.3 Å². The molecule has 0 aromatic heterocycles. The second-order valence-electron chi connectivity index (χ2n) is 3.38. The maximum Gasteiger partial charge on any atom is 0.132 e. The summed E-state index contributed by atoms with van der Waals surface area (Å²) in [4.78, 5) is 0. The lowest BCUT2D eigenvalue weighted by Gasteiger charge is -2.23. The van der Waals surface area contributed by atoms with Crippen molar-refractivity contribution in [1.29, 1.82) is 0 Å². The van der Waals surface area contributed by atoms with Crippen molar-refractivity contribution in [3.63, 3.8) is 0 Å². The summed E-state index contributed by atoms with van der Waals surface area (Å²) >= 11 is 2.27. The summed E-state index contributed by atoms with van der Waals surface area (Å²) in [5.74, 6) is 0.909. The minimum Gasteiger partial charge on any atom is -0.496 e. The van der Waals surface area contributed by atoms with Crippen LogP contribution in [0.1, 0.15) is 11.7 Å². The molecule has 1 heterocycles. The SMILES string of the molecule is COc1ccc(C2C[N]CCO2)cc1I. The average Bonchev–Trinajstić information content (AvgIpc) is 2.30. The Morgan fingerprint density at radius 1 is 1.53 bits per heavy atom. The molecular formula is C11H13INO2. The molecule has 1 radical (unpaired) electrons. The van der Waals surface area contributed by atoms with Crippen molar-refractivity contribution in [2.24, 2.45) is 0 Å². The van der Waals surface area contributed by atoms with E-state index in [2.05, 4.69) is 34.0 Å². The molecule has 1 aliphatic heterocycles. The van der Waals surface area contributed by atoms with Crippen LogP contribution in [0.15, 0.2) is 18.2 Å². The van der Waals surface area contributed by atoms with Crippen LogP contribution in [0, 0.1) is 3.57 Å². The first-order valence-corrected chi connectivity index (χ1v) is 5.97. The summed E-state index contributed by atoms with van der Waals surface area (Å²) in [5, 5.41) is 4.35. The number of hydrogen-bond donors (Lipinski definition) is 0. The molecule has 81 valence electrons. The minimum atomic E-state index is 0.123. The molecule has 0 N–H and O–H groups in total. The van der Waals surface area contributed by atoms with Gasteiger partial charge in [-0.05, 0) is 40.3 Å². The molecule has 0 aliphatic carbocycles. The fourth-order valence-electron chi connectivity index (χ4n) is 1.61. The molecule has 1 aromatic rings. The third-order valence-electron chi connectivity index (χ3n) is 2.41. The second kappa shape index (κ2) is 5.14. The van der Waals surface area contributed by atoms with E-state index in [4.69, 9.17) is 9.47 Å². The van der Waals surface area contributed by atoms with E-state index in [-0.39, 0.29) is 6.10 Å². The molecule has 2 rings (SSSR count). The molecule has 0 amide bonds. The van der Waals surface area contributed by atoms with Gasteiger partial charge in [-0.1, -0.05) is 6.07 Å². The van der Waals surface area contributed by atoms with E-state index < -0.39 is 0 Å². The Labute approximate surface area is 103 Å². The summed E-state index contributed by atoms with van der Waals surface area (Å²) in [6, 6.07) is 6.13. The van der Waals surface area contributed by atoms with Gasteiger partial charge in [0.05, 0.1) is 23.4 Å². The van der Waals surface area contributed by atoms with E-state index >= 15 is 0 Å². The second-order valence-corrected chi connectivity index (χ2v) is 4.55. The Morgan fingerprint density at radius 2 is 2.40 bits per heavy atom. The Hall–Kier alpha value is -0.330. The summed E-state index contributed by atoms with van der Waals surface area (Å²) in [6.45, 7) is 2.32. The standard InChI is InChI=1S/C11H13INO2/c1-14-10-3-2-8(6-9(10)12)11-7-13-4-5-15-11/h2-3,6,11H,4-5,7H2,1H3. The van der Waals surface area contributed by atoms with Gasteiger partial charge in [-0.3, -0.25) is 0 Å². The minimum absolute atomic E-state index is 0.123. The van der Waals surface area contributed by atoms with Crippen LogP contribution in [0.2, 0.25) is 0 Å². The molecule has 1 unspecified atom stereocenters. The lowest BCUT2D eigenvalue weighted by Crippen LogP contribution is -2.28. The lowest BCUT2D eigenvalue weighted by atomic mass is 10.1. The van der Waals surface area contributed by atoms with Crippen LogP contribution in [0.5, 0.6) is 5.75 Å². The molecule has 1 saturated heterocycles. The maximum atomic E-state index is 5.65. The predicted molar refractivity (Wildman–Crippen MR) is 66.3 cm³/mol. The molecule has 0 saturated carbocycles. The fraction of sp³-hybridized carbons (Fsp3) is 0.455. The highest BCUT2D eigenvalue weighted by Crippen LogP contribution is 2.26. The molecule has 1 aliphatic rings. The molecular weight excluding hydrogens is 305 g/mol. The number of rotatable bonds is 2. The third kappa shape index (κ3) is 2.62. The highest BCUT2D eigenvalue weighted by atomic mass is 127. The van der Waals surface area contributed by atoms with E-state index in [0.717, 1.165) is 29.0 Å². The summed E-state index contributed by atoms with van der Waals surface area (Å²) in [7, 11) is 1.68. The molecule has 0 bridgehead atoms. The monoisotopic (exact) mass is 318 g/mol. The molecule has 4 heteroatoms. The Morgan fingerprint density at radius 3 is 3.00 bits per heavy atom. The first-order valence-electron chi connectivity index (χ1n) is 4.89. The number of hydrogen-bond acceptors (Lipinski definition) is 2. The maximum absolute atomic E-state index is 5.65. The van der Waals surface area contributed by atoms with Gasteiger partial charge in [0.2, 0.25) is 0 Å². The average molecular weight is 318 g/mol. The number of methoxy groups -OCH3 is 1. The van der Waals surface area contributed by atoms with Gasteiger partial charge in [-0.2, -0.15) is 0 Å². The van der Waals surface area contributed by atoms with Gasteiger partial charge in [0.25, 0.3) is 0 Å². The molecule has 1 atom stereocenters. The largest absolute Gasteiger partial charge is 0.496 e. The number of benzene rings is 1. The van der Waals surface area contributed by atoms with E-state index in [1.165, 1.54) is 5.56 Å². The van der Waals surface area contributed by atoms with Gasteiger partial charge in [-0.15, -0.1) is 0 Å². The highest BCUT2D eigenvalue weighted by molar-refractivity contribution is 14.1. The van der Waals surface area contributed by atoms with Gasteiger partial charge < -0.3 is 9.47 Å². The zero-order valence-corrected chi connectivity index (χ0v) is 10.7. The van der Waals surface area contributed by atoms with Gasteiger partial charge in [-0.25, -0.2) is 5.32 Å². The topological polar surface area (TPSA) is 32.6 Å². The van der Waals surface area contributed by atoms with Crippen molar-refractivity contribution in [1.82, 2.24) is 5.32 Å². The summed E-state index contributed by atoms with van der Waals surface area (Å²) in [5.41, 5.74) is 1.18. The fourth-order valence-corrected chi connectivity index (χ4v) is 2.36. The first-order chi connectivity index (χ1) is 7.31.